The van der Waals surface area contributed by atoms with Crippen molar-refractivity contribution in [2.75, 3.05) is 7.11 Å². The van der Waals surface area contributed by atoms with Crippen LogP contribution in [-0.2, 0) is 0 Å². The van der Waals surface area contributed by atoms with Gasteiger partial charge in [-0.1, -0.05) is 28.1 Å². The highest BCUT2D eigenvalue weighted by Gasteiger charge is 2.13. The molecule has 0 bridgehead atoms. The molecule has 0 saturated heterocycles. The van der Waals surface area contributed by atoms with E-state index < -0.39 is 0 Å². The van der Waals surface area contributed by atoms with Crippen molar-refractivity contribution in [3.63, 3.8) is 0 Å². The zero-order valence-corrected chi connectivity index (χ0v) is 10.9. The molecular formula is C14H11BrO2. The Balaban J connectivity index is 2.40. The normalized spacial score (nSPS) is 10.0. The van der Waals surface area contributed by atoms with E-state index in [0.717, 1.165) is 4.47 Å². The molecule has 0 aliphatic carbocycles. The second kappa shape index (κ2) is 5.15. The van der Waals surface area contributed by atoms with Gasteiger partial charge in [-0.2, -0.15) is 0 Å². The molecule has 0 aromatic heterocycles. The second-order valence-corrected chi connectivity index (χ2v) is 4.45. The molecule has 2 aromatic rings. The van der Waals surface area contributed by atoms with Crippen LogP contribution < -0.4 is 4.74 Å². The molecule has 2 rings (SSSR count). The molecule has 0 fully saturated rings. The van der Waals surface area contributed by atoms with E-state index in [0.29, 0.717) is 16.9 Å². The van der Waals surface area contributed by atoms with Crippen LogP contribution in [0.15, 0.2) is 53.0 Å². The summed E-state index contributed by atoms with van der Waals surface area (Å²) in [5, 5.41) is 0. The highest BCUT2D eigenvalue weighted by Crippen LogP contribution is 2.21. The van der Waals surface area contributed by atoms with Gasteiger partial charge in [0.05, 0.1) is 12.7 Å². The molecule has 0 aliphatic rings. The third kappa shape index (κ3) is 2.56. The van der Waals surface area contributed by atoms with Gasteiger partial charge >= 0.3 is 0 Å². The minimum absolute atomic E-state index is 0.0325. The molecule has 0 atom stereocenters. The van der Waals surface area contributed by atoms with Crippen LogP contribution in [-0.4, -0.2) is 12.9 Å². The minimum Gasteiger partial charge on any atom is -0.496 e. The van der Waals surface area contributed by atoms with E-state index in [1.54, 1.807) is 31.4 Å². The van der Waals surface area contributed by atoms with Gasteiger partial charge in [0.1, 0.15) is 5.75 Å². The van der Waals surface area contributed by atoms with E-state index in [4.69, 9.17) is 4.74 Å². The van der Waals surface area contributed by atoms with Crippen molar-refractivity contribution in [2.24, 2.45) is 0 Å². The SMILES string of the molecule is COc1ccccc1C(=O)c1ccc(Br)cc1. The average molecular weight is 291 g/mol. The smallest absolute Gasteiger partial charge is 0.196 e. The summed E-state index contributed by atoms with van der Waals surface area (Å²) in [6.45, 7) is 0. The van der Waals surface area contributed by atoms with Crippen molar-refractivity contribution >= 4 is 21.7 Å². The van der Waals surface area contributed by atoms with Crippen molar-refractivity contribution in [3.8, 4) is 5.75 Å². The maximum Gasteiger partial charge on any atom is 0.196 e. The molecule has 0 N–H and O–H groups in total. The Kier molecular flexibility index (Phi) is 3.59. The molecule has 3 heteroatoms. The lowest BCUT2D eigenvalue weighted by atomic mass is 10.0. The Morgan fingerprint density at radius 3 is 2.35 bits per heavy atom. The Morgan fingerprint density at radius 2 is 1.71 bits per heavy atom. The van der Waals surface area contributed by atoms with Gasteiger partial charge in [-0.25, -0.2) is 0 Å². The minimum atomic E-state index is -0.0325. The van der Waals surface area contributed by atoms with Gasteiger partial charge in [0.15, 0.2) is 5.78 Å². The number of ketones is 1. The zero-order valence-electron chi connectivity index (χ0n) is 9.31. The van der Waals surface area contributed by atoms with Crippen LogP contribution in [0.5, 0.6) is 5.75 Å². The van der Waals surface area contributed by atoms with Crippen LogP contribution in [0.3, 0.4) is 0 Å². The number of hydrogen-bond donors (Lipinski definition) is 0. The summed E-state index contributed by atoms with van der Waals surface area (Å²) >= 11 is 3.34. The van der Waals surface area contributed by atoms with Crippen molar-refractivity contribution in [1.29, 1.82) is 0 Å². The summed E-state index contributed by atoms with van der Waals surface area (Å²) in [7, 11) is 1.56. The Hall–Kier alpha value is -1.61. The van der Waals surface area contributed by atoms with Crippen molar-refractivity contribution in [3.05, 3.63) is 64.1 Å². The fourth-order valence-electron chi connectivity index (χ4n) is 1.59. The van der Waals surface area contributed by atoms with E-state index in [-0.39, 0.29) is 5.78 Å². The molecule has 2 aromatic carbocycles. The Morgan fingerprint density at radius 1 is 1.06 bits per heavy atom. The molecule has 0 radical (unpaired) electrons. The van der Waals surface area contributed by atoms with E-state index in [1.165, 1.54) is 0 Å². The van der Waals surface area contributed by atoms with Crippen LogP contribution in [0.25, 0.3) is 0 Å². The first-order valence-electron chi connectivity index (χ1n) is 5.15. The molecule has 2 nitrogen and oxygen atoms in total. The van der Waals surface area contributed by atoms with Gasteiger partial charge in [0.2, 0.25) is 0 Å². The maximum atomic E-state index is 12.2. The Bertz CT molecular complexity index is 532. The lowest BCUT2D eigenvalue weighted by Gasteiger charge is -2.07. The predicted molar refractivity (Wildman–Crippen MR) is 70.6 cm³/mol. The van der Waals surface area contributed by atoms with Crippen LogP contribution in [0, 0.1) is 0 Å². The molecule has 0 unspecified atom stereocenters. The van der Waals surface area contributed by atoms with Crippen molar-refractivity contribution in [2.45, 2.75) is 0 Å². The summed E-state index contributed by atoms with van der Waals surface area (Å²) in [4.78, 5) is 12.2. The van der Waals surface area contributed by atoms with E-state index >= 15 is 0 Å². The number of ether oxygens (including phenoxy) is 1. The third-order valence-corrected chi connectivity index (χ3v) is 2.99. The van der Waals surface area contributed by atoms with Gasteiger partial charge in [0.25, 0.3) is 0 Å². The molecular weight excluding hydrogens is 280 g/mol. The fourth-order valence-corrected chi connectivity index (χ4v) is 1.85. The predicted octanol–water partition coefficient (Wildman–Crippen LogP) is 3.69. The lowest BCUT2D eigenvalue weighted by molar-refractivity contribution is 0.103. The van der Waals surface area contributed by atoms with Crippen LogP contribution in [0.2, 0.25) is 0 Å². The van der Waals surface area contributed by atoms with E-state index in [1.807, 2.05) is 24.3 Å². The lowest BCUT2D eigenvalue weighted by Crippen LogP contribution is -2.03. The number of benzene rings is 2. The largest absolute Gasteiger partial charge is 0.496 e. The first-order chi connectivity index (χ1) is 8.22. The highest BCUT2D eigenvalue weighted by molar-refractivity contribution is 9.10. The monoisotopic (exact) mass is 290 g/mol. The summed E-state index contributed by atoms with van der Waals surface area (Å²) in [6, 6.07) is 14.5. The van der Waals surface area contributed by atoms with Crippen molar-refractivity contribution in [1.82, 2.24) is 0 Å². The summed E-state index contributed by atoms with van der Waals surface area (Å²) in [5.74, 6) is 0.565. The number of carbonyl (C=O) groups excluding carboxylic acids is 1. The van der Waals surface area contributed by atoms with Gasteiger partial charge in [-0.05, 0) is 36.4 Å². The number of para-hydroxylation sites is 1. The molecule has 0 aliphatic heterocycles. The molecule has 0 heterocycles. The van der Waals surface area contributed by atoms with Gasteiger partial charge in [-0.15, -0.1) is 0 Å². The third-order valence-electron chi connectivity index (χ3n) is 2.46. The van der Waals surface area contributed by atoms with Gasteiger partial charge in [0, 0.05) is 10.0 Å². The first kappa shape index (κ1) is 11.9. The number of halogens is 1. The molecule has 0 saturated carbocycles. The van der Waals surface area contributed by atoms with Crippen LogP contribution >= 0.6 is 15.9 Å². The first-order valence-corrected chi connectivity index (χ1v) is 5.95. The number of rotatable bonds is 3. The average Bonchev–Trinajstić information content (AvgIpc) is 2.39. The fraction of sp³-hybridized carbons (Fsp3) is 0.0714. The van der Waals surface area contributed by atoms with E-state index in [9.17, 15) is 4.79 Å². The molecule has 0 spiro atoms. The van der Waals surface area contributed by atoms with Crippen LogP contribution in [0.4, 0.5) is 0 Å². The zero-order chi connectivity index (χ0) is 12.3. The molecule has 0 amide bonds. The quantitative estimate of drug-likeness (QED) is 0.806. The number of hydrogen-bond acceptors (Lipinski definition) is 2. The number of carbonyl (C=O) groups is 1. The van der Waals surface area contributed by atoms with E-state index in [2.05, 4.69) is 15.9 Å². The standard InChI is InChI=1S/C14H11BrO2/c1-17-13-5-3-2-4-12(13)14(16)10-6-8-11(15)9-7-10/h2-9H,1H3. The summed E-state index contributed by atoms with van der Waals surface area (Å²) in [6.07, 6.45) is 0. The van der Waals surface area contributed by atoms with Gasteiger partial charge in [-0.3, -0.25) is 4.79 Å². The highest BCUT2D eigenvalue weighted by atomic mass is 79.9. The van der Waals surface area contributed by atoms with Crippen molar-refractivity contribution < 1.29 is 9.53 Å². The van der Waals surface area contributed by atoms with Crippen LogP contribution in [0.1, 0.15) is 15.9 Å². The topological polar surface area (TPSA) is 26.3 Å². The molecule has 86 valence electrons. The maximum absolute atomic E-state index is 12.2. The van der Waals surface area contributed by atoms with Gasteiger partial charge < -0.3 is 4.74 Å². The number of methoxy groups -OCH3 is 1. The summed E-state index contributed by atoms with van der Waals surface area (Å²) in [5.41, 5.74) is 1.23. The summed E-state index contributed by atoms with van der Waals surface area (Å²) < 4.78 is 6.13. The molecule has 17 heavy (non-hydrogen) atoms. The Labute approximate surface area is 108 Å². The second-order valence-electron chi connectivity index (χ2n) is 3.54.